The van der Waals surface area contributed by atoms with Crippen LogP contribution in [0.5, 0.6) is 5.75 Å². The number of rotatable bonds is 5. The Labute approximate surface area is 135 Å². The van der Waals surface area contributed by atoms with E-state index in [1.165, 1.54) is 5.56 Å². The Bertz CT molecular complexity index is 777. The number of ether oxygens (including phenoxy) is 1. The van der Waals surface area contributed by atoms with E-state index in [9.17, 15) is 5.11 Å². The number of aromatic nitrogens is 3. The minimum absolute atomic E-state index is 0.128. The molecule has 5 nitrogen and oxygen atoms in total. The Morgan fingerprint density at radius 3 is 2.35 bits per heavy atom. The molecule has 5 heteroatoms. The Morgan fingerprint density at radius 1 is 1.04 bits per heavy atom. The summed E-state index contributed by atoms with van der Waals surface area (Å²) in [7, 11) is 1.65. The summed E-state index contributed by atoms with van der Waals surface area (Å²) in [6.07, 6.45) is 0.640. The quantitative estimate of drug-likeness (QED) is 0.787. The van der Waals surface area contributed by atoms with E-state index in [1.54, 1.807) is 11.8 Å². The highest BCUT2D eigenvalue weighted by Gasteiger charge is 2.14. The van der Waals surface area contributed by atoms with E-state index in [2.05, 4.69) is 10.3 Å². The van der Waals surface area contributed by atoms with Crippen LogP contribution >= 0.6 is 0 Å². The van der Waals surface area contributed by atoms with Crippen molar-refractivity contribution in [1.29, 1.82) is 0 Å². The molecule has 0 aliphatic rings. The van der Waals surface area contributed by atoms with Gasteiger partial charge in [0.05, 0.1) is 25.1 Å². The molecule has 23 heavy (non-hydrogen) atoms. The van der Waals surface area contributed by atoms with E-state index in [0.29, 0.717) is 12.1 Å². The summed E-state index contributed by atoms with van der Waals surface area (Å²) in [5, 5.41) is 17.8. The van der Waals surface area contributed by atoms with Crippen LogP contribution in [0.15, 0.2) is 48.5 Å². The van der Waals surface area contributed by atoms with Crippen LogP contribution < -0.4 is 4.74 Å². The van der Waals surface area contributed by atoms with Gasteiger partial charge in [0.15, 0.2) is 0 Å². The molecule has 0 fully saturated rings. The van der Waals surface area contributed by atoms with Crippen molar-refractivity contribution in [3.05, 3.63) is 71.0 Å². The zero-order chi connectivity index (χ0) is 16.2. The fourth-order valence-corrected chi connectivity index (χ4v) is 2.46. The highest BCUT2D eigenvalue weighted by Crippen LogP contribution is 2.19. The standard InChI is InChI=1S/C18H19N3O2/c1-13-3-7-15(8-4-13)21-18(17(12-22)19-20-21)11-14-5-9-16(23-2)10-6-14/h3-10,22H,11-12H2,1-2H3. The summed E-state index contributed by atoms with van der Waals surface area (Å²) in [4.78, 5) is 0. The van der Waals surface area contributed by atoms with E-state index < -0.39 is 0 Å². The Morgan fingerprint density at radius 2 is 1.74 bits per heavy atom. The number of nitrogens with zero attached hydrogens (tertiary/aromatic N) is 3. The molecule has 1 heterocycles. The van der Waals surface area contributed by atoms with Crippen molar-refractivity contribution in [3.63, 3.8) is 0 Å². The van der Waals surface area contributed by atoms with E-state index in [4.69, 9.17) is 4.74 Å². The zero-order valence-corrected chi connectivity index (χ0v) is 13.2. The molecule has 0 spiro atoms. The SMILES string of the molecule is COc1ccc(Cc2c(CO)nnn2-c2ccc(C)cc2)cc1. The minimum Gasteiger partial charge on any atom is -0.497 e. The van der Waals surface area contributed by atoms with E-state index in [0.717, 1.165) is 22.7 Å². The molecule has 0 saturated carbocycles. The van der Waals surface area contributed by atoms with Gasteiger partial charge in [-0.3, -0.25) is 0 Å². The van der Waals surface area contributed by atoms with Crippen molar-refractivity contribution in [2.75, 3.05) is 7.11 Å². The average molecular weight is 309 g/mol. The van der Waals surface area contributed by atoms with Crippen LogP contribution in [0.1, 0.15) is 22.5 Å². The van der Waals surface area contributed by atoms with Crippen molar-refractivity contribution >= 4 is 0 Å². The van der Waals surface area contributed by atoms with Gasteiger partial charge in [0, 0.05) is 6.42 Å². The fraction of sp³-hybridized carbons (Fsp3) is 0.222. The maximum Gasteiger partial charge on any atom is 0.118 e. The van der Waals surface area contributed by atoms with Gasteiger partial charge in [-0.15, -0.1) is 5.10 Å². The molecular weight excluding hydrogens is 290 g/mol. The van der Waals surface area contributed by atoms with Crippen molar-refractivity contribution in [2.45, 2.75) is 20.0 Å². The van der Waals surface area contributed by atoms with Crippen LogP contribution in [0.3, 0.4) is 0 Å². The third-order valence-electron chi connectivity index (χ3n) is 3.80. The number of hydrogen-bond acceptors (Lipinski definition) is 4. The average Bonchev–Trinajstić information content (AvgIpc) is 2.99. The molecule has 1 aromatic heterocycles. The second kappa shape index (κ2) is 6.62. The van der Waals surface area contributed by atoms with Crippen LogP contribution in [0.4, 0.5) is 0 Å². The Hall–Kier alpha value is -2.66. The van der Waals surface area contributed by atoms with Crippen molar-refractivity contribution in [2.24, 2.45) is 0 Å². The first-order valence-electron chi connectivity index (χ1n) is 7.45. The normalized spacial score (nSPS) is 10.7. The van der Waals surface area contributed by atoms with Gasteiger partial charge in [-0.25, -0.2) is 4.68 Å². The van der Waals surface area contributed by atoms with Crippen LogP contribution in [0.2, 0.25) is 0 Å². The lowest BCUT2D eigenvalue weighted by atomic mass is 10.1. The maximum absolute atomic E-state index is 9.55. The lowest BCUT2D eigenvalue weighted by Gasteiger charge is -2.09. The molecular formula is C18H19N3O2. The second-order valence-electron chi connectivity index (χ2n) is 5.41. The molecule has 0 aliphatic carbocycles. The van der Waals surface area contributed by atoms with Crippen LogP contribution in [-0.2, 0) is 13.0 Å². The molecule has 0 saturated heterocycles. The molecule has 118 valence electrons. The van der Waals surface area contributed by atoms with Gasteiger partial charge < -0.3 is 9.84 Å². The number of hydrogen-bond donors (Lipinski definition) is 1. The van der Waals surface area contributed by atoms with Crippen molar-refractivity contribution in [1.82, 2.24) is 15.0 Å². The summed E-state index contributed by atoms with van der Waals surface area (Å²) in [5.41, 5.74) is 4.72. The van der Waals surface area contributed by atoms with Crippen LogP contribution in [0.25, 0.3) is 5.69 Å². The van der Waals surface area contributed by atoms with Gasteiger partial charge in [0.2, 0.25) is 0 Å². The number of aryl methyl sites for hydroxylation is 1. The number of methoxy groups -OCH3 is 1. The van der Waals surface area contributed by atoms with Gasteiger partial charge in [-0.2, -0.15) is 0 Å². The number of aliphatic hydroxyl groups is 1. The first-order chi connectivity index (χ1) is 11.2. The minimum atomic E-state index is -0.128. The number of aliphatic hydroxyl groups excluding tert-OH is 1. The smallest absolute Gasteiger partial charge is 0.118 e. The lowest BCUT2D eigenvalue weighted by molar-refractivity contribution is 0.275. The first kappa shape index (κ1) is 15.2. The Balaban J connectivity index is 1.96. The van der Waals surface area contributed by atoms with E-state index in [-0.39, 0.29) is 6.61 Å². The van der Waals surface area contributed by atoms with Gasteiger partial charge in [0.1, 0.15) is 11.4 Å². The van der Waals surface area contributed by atoms with Crippen molar-refractivity contribution < 1.29 is 9.84 Å². The first-order valence-corrected chi connectivity index (χ1v) is 7.45. The lowest BCUT2D eigenvalue weighted by Crippen LogP contribution is -2.05. The molecule has 0 radical (unpaired) electrons. The highest BCUT2D eigenvalue weighted by molar-refractivity contribution is 5.38. The van der Waals surface area contributed by atoms with Crippen molar-refractivity contribution in [3.8, 4) is 11.4 Å². The van der Waals surface area contributed by atoms with Gasteiger partial charge in [-0.05, 0) is 36.8 Å². The van der Waals surface area contributed by atoms with E-state index >= 15 is 0 Å². The summed E-state index contributed by atoms with van der Waals surface area (Å²) in [5.74, 6) is 0.821. The highest BCUT2D eigenvalue weighted by atomic mass is 16.5. The molecule has 0 bridgehead atoms. The zero-order valence-electron chi connectivity index (χ0n) is 13.2. The predicted molar refractivity (Wildman–Crippen MR) is 87.8 cm³/mol. The van der Waals surface area contributed by atoms with Crippen LogP contribution in [0, 0.1) is 6.92 Å². The summed E-state index contributed by atoms with van der Waals surface area (Å²) in [6.45, 7) is 1.92. The van der Waals surface area contributed by atoms with Gasteiger partial charge in [0.25, 0.3) is 0 Å². The summed E-state index contributed by atoms with van der Waals surface area (Å²) < 4.78 is 6.97. The molecule has 3 aromatic rings. The summed E-state index contributed by atoms with van der Waals surface area (Å²) >= 11 is 0. The molecule has 0 aliphatic heterocycles. The third kappa shape index (κ3) is 3.24. The van der Waals surface area contributed by atoms with Gasteiger partial charge in [-0.1, -0.05) is 35.0 Å². The molecule has 0 unspecified atom stereocenters. The molecule has 1 N–H and O–H groups in total. The number of benzene rings is 2. The second-order valence-corrected chi connectivity index (χ2v) is 5.41. The molecule has 2 aromatic carbocycles. The van der Waals surface area contributed by atoms with Gasteiger partial charge >= 0.3 is 0 Å². The largest absolute Gasteiger partial charge is 0.497 e. The monoisotopic (exact) mass is 309 g/mol. The molecule has 0 atom stereocenters. The third-order valence-corrected chi connectivity index (χ3v) is 3.80. The Kier molecular flexibility index (Phi) is 4.39. The van der Waals surface area contributed by atoms with E-state index in [1.807, 2.05) is 55.5 Å². The maximum atomic E-state index is 9.55. The fourth-order valence-electron chi connectivity index (χ4n) is 2.46. The van der Waals surface area contributed by atoms with Crippen LogP contribution in [-0.4, -0.2) is 27.2 Å². The molecule has 3 rings (SSSR count). The predicted octanol–water partition coefficient (Wildman–Crippen LogP) is 2.67. The summed E-state index contributed by atoms with van der Waals surface area (Å²) in [6, 6.07) is 15.9. The topological polar surface area (TPSA) is 60.2 Å². The molecule has 0 amide bonds.